The molecule has 0 fully saturated rings. The zero-order valence-corrected chi connectivity index (χ0v) is 13.7. The summed E-state index contributed by atoms with van der Waals surface area (Å²) in [5.41, 5.74) is 0.854. The Balaban J connectivity index is 2.16. The number of nitrogens with zero attached hydrogens (tertiary/aromatic N) is 1. The molecule has 106 valence electrons. The maximum Gasteiger partial charge on any atom is 0.240 e. The molecule has 1 heterocycles. The van der Waals surface area contributed by atoms with Crippen LogP contribution in [0.2, 0.25) is 0 Å². The second-order valence-corrected chi connectivity index (χ2v) is 6.91. The van der Waals surface area contributed by atoms with E-state index in [1.165, 1.54) is 6.07 Å². The Morgan fingerprint density at radius 1 is 1.25 bits per heavy atom. The number of aromatic nitrogens is 1. The SMILES string of the molecule is COc1ccc(S(=O)(=O)NCc2ccncc2)cc1I. The van der Waals surface area contributed by atoms with Crippen LogP contribution in [-0.4, -0.2) is 20.5 Å². The molecule has 1 aromatic heterocycles. The zero-order chi connectivity index (χ0) is 14.6. The van der Waals surface area contributed by atoms with Gasteiger partial charge in [-0.2, -0.15) is 0 Å². The Morgan fingerprint density at radius 3 is 2.55 bits per heavy atom. The maximum absolute atomic E-state index is 12.2. The number of ether oxygens (including phenoxy) is 1. The van der Waals surface area contributed by atoms with Gasteiger partial charge in [0.15, 0.2) is 0 Å². The molecule has 1 aromatic carbocycles. The van der Waals surface area contributed by atoms with Gasteiger partial charge >= 0.3 is 0 Å². The van der Waals surface area contributed by atoms with Gasteiger partial charge in [0.05, 0.1) is 15.6 Å². The molecule has 5 nitrogen and oxygen atoms in total. The first-order valence-electron chi connectivity index (χ1n) is 5.75. The molecule has 20 heavy (non-hydrogen) atoms. The van der Waals surface area contributed by atoms with E-state index in [2.05, 4.69) is 9.71 Å². The van der Waals surface area contributed by atoms with Crippen LogP contribution in [-0.2, 0) is 16.6 Å². The highest BCUT2D eigenvalue weighted by molar-refractivity contribution is 14.1. The number of rotatable bonds is 5. The molecule has 0 bridgehead atoms. The smallest absolute Gasteiger partial charge is 0.240 e. The number of halogens is 1. The van der Waals surface area contributed by atoms with E-state index in [0.29, 0.717) is 5.75 Å². The minimum absolute atomic E-state index is 0.219. The highest BCUT2D eigenvalue weighted by Crippen LogP contribution is 2.23. The molecule has 0 atom stereocenters. The normalized spacial score (nSPS) is 11.3. The molecule has 0 unspecified atom stereocenters. The molecule has 0 radical (unpaired) electrons. The van der Waals surface area contributed by atoms with Crippen LogP contribution in [0.3, 0.4) is 0 Å². The second-order valence-electron chi connectivity index (χ2n) is 3.98. The maximum atomic E-state index is 12.2. The Hall–Kier alpha value is -1.19. The summed E-state index contributed by atoms with van der Waals surface area (Å²) in [7, 11) is -1.99. The van der Waals surface area contributed by atoms with Crippen molar-refractivity contribution in [3.63, 3.8) is 0 Å². The van der Waals surface area contributed by atoms with Crippen LogP contribution in [0.5, 0.6) is 5.75 Å². The third kappa shape index (κ3) is 3.68. The summed E-state index contributed by atoms with van der Waals surface area (Å²) in [6.07, 6.45) is 3.25. The van der Waals surface area contributed by atoms with Crippen LogP contribution in [0.4, 0.5) is 0 Å². The number of methoxy groups -OCH3 is 1. The number of pyridine rings is 1. The number of nitrogens with one attached hydrogen (secondary N) is 1. The Kier molecular flexibility index (Phi) is 4.95. The van der Waals surface area contributed by atoms with Crippen molar-refractivity contribution in [1.82, 2.24) is 9.71 Å². The molecule has 0 aliphatic carbocycles. The molecule has 0 saturated heterocycles. The van der Waals surface area contributed by atoms with Crippen molar-refractivity contribution in [3.8, 4) is 5.75 Å². The van der Waals surface area contributed by atoms with E-state index >= 15 is 0 Å². The monoisotopic (exact) mass is 404 g/mol. The molecule has 7 heteroatoms. The van der Waals surface area contributed by atoms with E-state index in [0.717, 1.165) is 9.13 Å². The standard InChI is InChI=1S/C13H13IN2O3S/c1-19-13-3-2-11(8-12(13)14)20(17,18)16-9-10-4-6-15-7-5-10/h2-8,16H,9H2,1H3. The molecule has 0 aliphatic rings. The average Bonchev–Trinajstić information content (AvgIpc) is 2.46. The van der Waals surface area contributed by atoms with Crippen molar-refractivity contribution in [2.75, 3.05) is 7.11 Å². The summed E-state index contributed by atoms with van der Waals surface area (Å²) in [6.45, 7) is 0.230. The average molecular weight is 404 g/mol. The lowest BCUT2D eigenvalue weighted by Crippen LogP contribution is -2.23. The highest BCUT2D eigenvalue weighted by atomic mass is 127. The van der Waals surface area contributed by atoms with Crippen molar-refractivity contribution in [3.05, 3.63) is 51.9 Å². The van der Waals surface area contributed by atoms with Crippen LogP contribution in [0.15, 0.2) is 47.6 Å². The largest absolute Gasteiger partial charge is 0.496 e. The summed E-state index contributed by atoms with van der Waals surface area (Å²) in [5, 5.41) is 0. The van der Waals surface area contributed by atoms with Crippen molar-refractivity contribution in [2.24, 2.45) is 0 Å². The first-order valence-corrected chi connectivity index (χ1v) is 8.31. The topological polar surface area (TPSA) is 68.3 Å². The van der Waals surface area contributed by atoms with Crippen molar-refractivity contribution < 1.29 is 13.2 Å². The molecule has 2 rings (SSSR count). The fraction of sp³-hybridized carbons (Fsp3) is 0.154. The van der Waals surface area contributed by atoms with Gasteiger partial charge in [-0.1, -0.05) is 0 Å². The molecule has 2 aromatic rings. The predicted octanol–water partition coefficient (Wildman–Crippen LogP) is 2.17. The van der Waals surface area contributed by atoms with Gasteiger partial charge in [-0.15, -0.1) is 0 Å². The lowest BCUT2D eigenvalue weighted by molar-refractivity contribution is 0.411. The van der Waals surface area contributed by atoms with Crippen LogP contribution in [0.1, 0.15) is 5.56 Å². The van der Waals surface area contributed by atoms with Crippen molar-refractivity contribution in [2.45, 2.75) is 11.4 Å². The van der Waals surface area contributed by atoms with E-state index in [1.807, 2.05) is 22.6 Å². The van der Waals surface area contributed by atoms with E-state index in [4.69, 9.17) is 4.74 Å². The molecule has 0 amide bonds. The highest BCUT2D eigenvalue weighted by Gasteiger charge is 2.15. The number of hydrogen-bond acceptors (Lipinski definition) is 4. The quantitative estimate of drug-likeness (QED) is 0.776. The van der Waals surface area contributed by atoms with E-state index in [9.17, 15) is 8.42 Å². The van der Waals surface area contributed by atoms with Gasteiger partial charge in [-0.3, -0.25) is 4.98 Å². The Labute approximate surface area is 131 Å². The van der Waals surface area contributed by atoms with Gasteiger partial charge in [-0.05, 0) is 58.5 Å². The van der Waals surface area contributed by atoms with E-state index < -0.39 is 10.0 Å². The summed E-state index contributed by atoms with van der Waals surface area (Å²) >= 11 is 2.04. The molecule has 0 saturated carbocycles. The first-order chi connectivity index (χ1) is 9.53. The lowest BCUT2D eigenvalue weighted by Gasteiger charge is -2.09. The van der Waals surface area contributed by atoms with Crippen molar-refractivity contribution >= 4 is 32.6 Å². The van der Waals surface area contributed by atoms with Gasteiger partial charge < -0.3 is 4.74 Å². The molecular weight excluding hydrogens is 391 g/mol. The van der Waals surface area contributed by atoms with Gasteiger partial charge in [0.25, 0.3) is 0 Å². The molecule has 0 spiro atoms. The lowest BCUT2D eigenvalue weighted by atomic mass is 10.3. The van der Waals surface area contributed by atoms with Crippen LogP contribution < -0.4 is 9.46 Å². The zero-order valence-electron chi connectivity index (χ0n) is 10.7. The second kappa shape index (κ2) is 6.51. The fourth-order valence-corrected chi connectivity index (χ4v) is 3.57. The van der Waals surface area contributed by atoms with Crippen molar-refractivity contribution in [1.29, 1.82) is 0 Å². The number of hydrogen-bond donors (Lipinski definition) is 1. The van der Waals surface area contributed by atoms with Gasteiger partial charge in [-0.25, -0.2) is 13.1 Å². The summed E-state index contributed by atoms with van der Waals surface area (Å²) in [4.78, 5) is 4.11. The predicted molar refractivity (Wildman–Crippen MR) is 84.0 cm³/mol. The Morgan fingerprint density at radius 2 is 1.95 bits per heavy atom. The molecular formula is C13H13IN2O3S. The summed E-state index contributed by atoms with van der Waals surface area (Å²) < 4.78 is 32.8. The number of sulfonamides is 1. The van der Waals surface area contributed by atoms with Crippen LogP contribution in [0, 0.1) is 3.57 Å². The van der Waals surface area contributed by atoms with E-state index in [-0.39, 0.29) is 11.4 Å². The summed E-state index contributed by atoms with van der Waals surface area (Å²) in [6, 6.07) is 8.27. The van der Waals surface area contributed by atoms with Gasteiger partial charge in [0.2, 0.25) is 10.0 Å². The first kappa shape index (κ1) is 15.2. The fourth-order valence-electron chi connectivity index (χ4n) is 1.58. The third-order valence-electron chi connectivity index (χ3n) is 2.65. The summed E-state index contributed by atoms with van der Waals surface area (Å²) in [5.74, 6) is 0.652. The number of benzene rings is 1. The molecule has 1 N–H and O–H groups in total. The molecule has 0 aliphatic heterocycles. The minimum atomic E-state index is -3.54. The van der Waals surface area contributed by atoms with Gasteiger partial charge in [0.1, 0.15) is 5.75 Å². The third-order valence-corrected chi connectivity index (χ3v) is 4.89. The minimum Gasteiger partial charge on any atom is -0.496 e. The van der Waals surface area contributed by atoms with Gasteiger partial charge in [0, 0.05) is 18.9 Å². The van der Waals surface area contributed by atoms with E-state index in [1.54, 1.807) is 43.8 Å². The van der Waals surface area contributed by atoms with Crippen LogP contribution >= 0.6 is 22.6 Å². The van der Waals surface area contributed by atoms with Crippen LogP contribution in [0.25, 0.3) is 0 Å². The Bertz CT molecular complexity index is 690.